The first-order valence-corrected chi connectivity index (χ1v) is 16.5. The summed E-state index contributed by atoms with van der Waals surface area (Å²) in [5.41, 5.74) is 14.7. The lowest BCUT2D eigenvalue weighted by Gasteiger charge is -2.25. The molecule has 9 aromatic rings. The predicted octanol–water partition coefficient (Wildman–Crippen LogP) is 12.7. The lowest BCUT2D eigenvalue weighted by atomic mass is 9.96. The van der Waals surface area contributed by atoms with Crippen molar-refractivity contribution in [1.82, 2.24) is 4.57 Å². The lowest BCUT2D eigenvalue weighted by Crippen LogP contribution is -2.09. The van der Waals surface area contributed by atoms with Crippen LogP contribution in [0.2, 0.25) is 0 Å². The van der Waals surface area contributed by atoms with Crippen molar-refractivity contribution in [2.24, 2.45) is 0 Å². The van der Waals surface area contributed by atoms with Crippen LogP contribution >= 0.6 is 0 Å². The smallest absolute Gasteiger partial charge is 0.0542 e. The van der Waals surface area contributed by atoms with Crippen LogP contribution in [0.1, 0.15) is 0 Å². The first kappa shape index (κ1) is 26.8. The van der Waals surface area contributed by atoms with E-state index in [9.17, 15) is 0 Å². The molecule has 1 aliphatic carbocycles. The highest BCUT2D eigenvalue weighted by molar-refractivity contribution is 6.16. The van der Waals surface area contributed by atoms with Crippen LogP contribution in [0.5, 0.6) is 0 Å². The molecule has 8 aromatic carbocycles. The lowest BCUT2D eigenvalue weighted by molar-refractivity contribution is 1.18. The van der Waals surface area contributed by atoms with E-state index in [0.717, 1.165) is 22.7 Å². The van der Waals surface area contributed by atoms with Crippen molar-refractivity contribution in [3.63, 3.8) is 0 Å². The minimum Gasteiger partial charge on any atom is -0.310 e. The van der Waals surface area contributed by atoms with E-state index in [-0.39, 0.29) is 0 Å². The third-order valence-electron chi connectivity index (χ3n) is 9.89. The highest BCUT2D eigenvalue weighted by Gasteiger charge is 2.22. The van der Waals surface area contributed by atoms with Crippen LogP contribution < -0.4 is 4.90 Å². The first-order chi connectivity index (χ1) is 23.8. The number of benzene rings is 8. The molecule has 1 heterocycles. The molecule has 0 saturated heterocycles. The average Bonchev–Trinajstić information content (AvgIpc) is 3.66. The Morgan fingerprint density at radius 2 is 0.917 bits per heavy atom. The summed E-state index contributed by atoms with van der Waals surface area (Å²) in [6.07, 6.45) is 0. The van der Waals surface area contributed by atoms with Crippen LogP contribution in [0, 0.1) is 0 Å². The Balaban J connectivity index is 1.19. The van der Waals surface area contributed by atoms with E-state index in [1.54, 1.807) is 0 Å². The van der Waals surface area contributed by atoms with Gasteiger partial charge in [-0.2, -0.15) is 0 Å². The molecule has 0 spiro atoms. The van der Waals surface area contributed by atoms with Crippen molar-refractivity contribution in [1.29, 1.82) is 0 Å². The molecule has 0 saturated carbocycles. The maximum absolute atomic E-state index is 2.40. The fraction of sp³-hybridized carbons (Fsp3) is 0. The summed E-state index contributed by atoms with van der Waals surface area (Å²) in [4.78, 5) is 2.34. The fourth-order valence-corrected chi connectivity index (χ4v) is 7.76. The minimum atomic E-state index is 1.13. The van der Waals surface area contributed by atoms with Gasteiger partial charge in [-0.15, -0.1) is 0 Å². The Kier molecular flexibility index (Phi) is 5.91. The van der Waals surface area contributed by atoms with Gasteiger partial charge in [-0.25, -0.2) is 0 Å². The summed E-state index contributed by atoms with van der Waals surface area (Å²) in [5.74, 6) is 0. The number of para-hydroxylation sites is 3. The third kappa shape index (κ3) is 4.06. The molecule has 0 unspecified atom stereocenters. The molecule has 0 amide bonds. The molecule has 0 atom stereocenters. The monoisotopic (exact) mass is 610 g/mol. The molecular formula is C46H30N2. The first-order valence-electron chi connectivity index (χ1n) is 16.5. The van der Waals surface area contributed by atoms with Gasteiger partial charge in [0.15, 0.2) is 0 Å². The number of anilines is 3. The van der Waals surface area contributed by atoms with Crippen LogP contribution in [-0.2, 0) is 0 Å². The van der Waals surface area contributed by atoms with Gasteiger partial charge in [-0.05, 0) is 117 Å². The highest BCUT2D eigenvalue weighted by atomic mass is 15.1. The van der Waals surface area contributed by atoms with Crippen LogP contribution in [0.15, 0.2) is 182 Å². The fourth-order valence-electron chi connectivity index (χ4n) is 7.76. The maximum Gasteiger partial charge on any atom is 0.0542 e. The zero-order valence-corrected chi connectivity index (χ0v) is 26.2. The third-order valence-corrected chi connectivity index (χ3v) is 9.89. The van der Waals surface area contributed by atoms with Crippen molar-refractivity contribution in [2.75, 3.05) is 4.90 Å². The number of aromatic nitrogens is 1. The Bertz CT molecular complexity index is 2610. The van der Waals surface area contributed by atoms with Crippen LogP contribution in [0.3, 0.4) is 0 Å². The molecule has 10 rings (SSSR count). The summed E-state index contributed by atoms with van der Waals surface area (Å²) in [6, 6.07) is 66.1. The molecule has 48 heavy (non-hydrogen) atoms. The second-order valence-electron chi connectivity index (χ2n) is 12.6. The SMILES string of the molecule is c1ccc(N(c2ccccc2)c2ccc3c(c2)c2cc(-c4ccc5c(c4)-c4cccc6cccc-5c46)ccc2n3-c2ccccc2)cc1. The van der Waals surface area contributed by atoms with Crippen LogP contribution in [0.4, 0.5) is 17.1 Å². The normalized spacial score (nSPS) is 11.8. The maximum atomic E-state index is 2.40. The second kappa shape index (κ2) is 10.6. The van der Waals surface area contributed by atoms with Crippen molar-refractivity contribution >= 4 is 49.6 Å². The summed E-state index contributed by atoms with van der Waals surface area (Å²) < 4.78 is 2.40. The largest absolute Gasteiger partial charge is 0.310 e. The van der Waals surface area contributed by atoms with Gasteiger partial charge in [0, 0.05) is 33.5 Å². The Labute approximate surface area is 279 Å². The van der Waals surface area contributed by atoms with Gasteiger partial charge in [0.1, 0.15) is 0 Å². The zero-order chi connectivity index (χ0) is 31.6. The molecule has 0 radical (unpaired) electrons. The minimum absolute atomic E-state index is 1.13. The van der Waals surface area contributed by atoms with Gasteiger partial charge >= 0.3 is 0 Å². The van der Waals surface area contributed by atoms with E-state index in [1.807, 2.05) is 0 Å². The summed E-state index contributed by atoms with van der Waals surface area (Å²) in [7, 11) is 0. The summed E-state index contributed by atoms with van der Waals surface area (Å²) >= 11 is 0. The Morgan fingerprint density at radius 3 is 1.60 bits per heavy atom. The van der Waals surface area contributed by atoms with Crippen LogP contribution in [0.25, 0.3) is 71.6 Å². The van der Waals surface area contributed by atoms with Crippen molar-refractivity contribution in [2.45, 2.75) is 0 Å². The number of hydrogen-bond acceptors (Lipinski definition) is 1. The van der Waals surface area contributed by atoms with Gasteiger partial charge < -0.3 is 9.47 Å². The van der Waals surface area contributed by atoms with Gasteiger partial charge in [0.25, 0.3) is 0 Å². The molecule has 0 fully saturated rings. The molecule has 2 nitrogen and oxygen atoms in total. The highest BCUT2D eigenvalue weighted by Crippen LogP contribution is 2.48. The molecule has 2 heteroatoms. The number of hydrogen-bond donors (Lipinski definition) is 0. The standard InChI is InChI=1S/C46H30N2/c1-4-14-34(15-5-1)47(35-16-6-2-7-17-35)37-24-27-45-43(30-37)42-29-33(23-26-44(42)48(45)36-18-8-3-9-19-36)32-22-25-38-39-20-10-12-31-13-11-21-40(46(31)39)41(38)28-32/h1-30H. The van der Waals surface area contributed by atoms with Gasteiger partial charge in [-0.3, -0.25) is 0 Å². The Hall–Kier alpha value is -6.38. The van der Waals surface area contributed by atoms with Crippen molar-refractivity contribution in [3.8, 4) is 39.1 Å². The molecule has 224 valence electrons. The topological polar surface area (TPSA) is 8.17 Å². The number of fused-ring (bicyclic) bond motifs is 6. The van der Waals surface area contributed by atoms with E-state index in [4.69, 9.17) is 0 Å². The van der Waals surface area contributed by atoms with E-state index in [0.29, 0.717) is 0 Å². The number of nitrogens with zero attached hydrogens (tertiary/aromatic N) is 2. The van der Waals surface area contributed by atoms with E-state index in [2.05, 4.69) is 191 Å². The molecule has 1 aliphatic rings. The van der Waals surface area contributed by atoms with Gasteiger partial charge in [0.2, 0.25) is 0 Å². The van der Waals surface area contributed by atoms with E-state index >= 15 is 0 Å². The van der Waals surface area contributed by atoms with E-state index in [1.165, 1.54) is 66.0 Å². The number of rotatable bonds is 5. The van der Waals surface area contributed by atoms with Crippen molar-refractivity contribution in [3.05, 3.63) is 182 Å². The zero-order valence-electron chi connectivity index (χ0n) is 26.2. The van der Waals surface area contributed by atoms with E-state index < -0.39 is 0 Å². The summed E-state index contributed by atoms with van der Waals surface area (Å²) in [6.45, 7) is 0. The molecule has 0 N–H and O–H groups in total. The second-order valence-corrected chi connectivity index (χ2v) is 12.6. The molecule has 0 aliphatic heterocycles. The molecular weight excluding hydrogens is 581 g/mol. The average molecular weight is 611 g/mol. The van der Waals surface area contributed by atoms with Crippen molar-refractivity contribution < 1.29 is 0 Å². The van der Waals surface area contributed by atoms with Gasteiger partial charge in [-0.1, -0.05) is 109 Å². The van der Waals surface area contributed by atoms with Gasteiger partial charge in [0.05, 0.1) is 11.0 Å². The Morgan fingerprint density at radius 1 is 0.354 bits per heavy atom. The molecule has 1 aromatic heterocycles. The van der Waals surface area contributed by atoms with Crippen LogP contribution in [-0.4, -0.2) is 4.57 Å². The quantitative estimate of drug-likeness (QED) is 0.188. The molecule has 0 bridgehead atoms. The summed E-state index contributed by atoms with van der Waals surface area (Å²) in [5, 5.41) is 5.12. The predicted molar refractivity (Wildman–Crippen MR) is 203 cm³/mol.